The van der Waals surface area contributed by atoms with Gasteiger partial charge in [0.05, 0.1) is 16.6 Å². The second kappa shape index (κ2) is 10.1. The van der Waals surface area contributed by atoms with E-state index in [4.69, 9.17) is 15.0 Å². The number of nitrogens with zero attached hydrogens (tertiary/aromatic N) is 2. The highest BCUT2D eigenvalue weighted by Gasteiger charge is 2.48. The third-order valence-corrected chi connectivity index (χ3v) is 8.23. The van der Waals surface area contributed by atoms with Crippen LogP contribution < -0.4 is 21.7 Å². The molecule has 5 rings (SSSR count). The molecule has 38 heavy (non-hydrogen) atoms. The van der Waals surface area contributed by atoms with E-state index in [9.17, 15) is 14.4 Å². The van der Waals surface area contributed by atoms with Crippen molar-refractivity contribution < 1.29 is 23.6 Å². The summed E-state index contributed by atoms with van der Waals surface area (Å²) in [4.78, 5) is 44.2. The number of anilines is 2. The lowest BCUT2D eigenvalue weighted by Crippen LogP contribution is -2.50. The number of nitrogens with one attached hydrogen (secondary N) is 3. The molecule has 2 aromatic heterocycles. The highest BCUT2D eigenvalue weighted by molar-refractivity contribution is 6.07. The van der Waals surface area contributed by atoms with Gasteiger partial charge in [0, 0.05) is 31.0 Å². The monoisotopic (exact) mass is 524 g/mol. The minimum atomic E-state index is -0.891. The number of nitrogens with two attached hydrogens (primary N) is 1. The number of rotatable bonds is 6. The molecule has 1 saturated carbocycles. The summed E-state index contributed by atoms with van der Waals surface area (Å²) in [5.41, 5.74) is 6.66. The minimum absolute atomic E-state index is 0.0380. The molecule has 2 aromatic rings. The number of carbonyl (C=O) groups excluding carboxylic acids is 3. The summed E-state index contributed by atoms with van der Waals surface area (Å²) in [5, 5.41) is 12.7. The first-order valence-corrected chi connectivity index (χ1v) is 13.3. The fourth-order valence-corrected chi connectivity index (χ4v) is 5.89. The molecule has 1 aliphatic carbocycles. The Labute approximate surface area is 221 Å². The smallest absolute Gasteiger partial charge is 0.257 e. The standard InChI is InChI=1S/C27H36N6O5/c1-15-4-6-16(7-5-15)21(32-23(34)17-14-38-33-22(17)26(2,3)28)24(35)31-20-12-19-18(13-29-20)27(25(36)30-19)8-10-37-11-9-27/h12-16,21H,4-11,28H2,1-3H3,(H,30,36)(H,32,34)(H,29,31,35)/t15-,16-,21-/m0/s1. The Balaban J connectivity index is 1.36. The molecule has 4 heterocycles. The molecule has 2 aliphatic heterocycles. The fourth-order valence-electron chi connectivity index (χ4n) is 5.89. The molecule has 5 N–H and O–H groups in total. The average Bonchev–Trinajstić information content (AvgIpc) is 3.48. The quantitative estimate of drug-likeness (QED) is 0.448. The van der Waals surface area contributed by atoms with Gasteiger partial charge in [-0.1, -0.05) is 24.9 Å². The minimum Gasteiger partial charge on any atom is -0.381 e. The number of hydrogen-bond acceptors (Lipinski definition) is 8. The fraction of sp³-hybridized carbons (Fsp3) is 0.593. The normalized spacial score (nSPS) is 23.4. The highest BCUT2D eigenvalue weighted by atomic mass is 16.5. The number of amides is 3. The molecule has 204 valence electrons. The van der Waals surface area contributed by atoms with Crippen molar-refractivity contribution in [3.05, 3.63) is 35.3 Å². The van der Waals surface area contributed by atoms with Crippen molar-refractivity contribution in [1.29, 1.82) is 0 Å². The van der Waals surface area contributed by atoms with E-state index in [1.165, 1.54) is 6.26 Å². The van der Waals surface area contributed by atoms with E-state index in [2.05, 4.69) is 33.0 Å². The van der Waals surface area contributed by atoms with Gasteiger partial charge in [0.2, 0.25) is 11.8 Å². The Morgan fingerprint density at radius 3 is 2.61 bits per heavy atom. The van der Waals surface area contributed by atoms with E-state index >= 15 is 0 Å². The second-order valence-corrected chi connectivity index (χ2v) is 11.5. The molecule has 11 heteroatoms. The number of fused-ring (bicyclic) bond motifs is 2. The van der Waals surface area contributed by atoms with E-state index in [1.54, 1.807) is 26.1 Å². The van der Waals surface area contributed by atoms with Crippen molar-refractivity contribution in [2.75, 3.05) is 23.8 Å². The maximum atomic E-state index is 13.6. The summed E-state index contributed by atoms with van der Waals surface area (Å²) in [6.45, 7) is 6.70. The van der Waals surface area contributed by atoms with Gasteiger partial charge in [0.15, 0.2) is 0 Å². The van der Waals surface area contributed by atoms with Gasteiger partial charge >= 0.3 is 0 Å². The molecule has 0 unspecified atom stereocenters. The van der Waals surface area contributed by atoms with E-state index in [1.807, 2.05) is 0 Å². The van der Waals surface area contributed by atoms with Crippen LogP contribution in [0.5, 0.6) is 0 Å². The summed E-state index contributed by atoms with van der Waals surface area (Å²) < 4.78 is 10.5. The Kier molecular flexibility index (Phi) is 6.99. The van der Waals surface area contributed by atoms with Gasteiger partial charge in [-0.15, -0.1) is 0 Å². The van der Waals surface area contributed by atoms with Gasteiger partial charge in [-0.3, -0.25) is 14.4 Å². The molecular formula is C27H36N6O5. The molecule has 3 aliphatic rings. The van der Waals surface area contributed by atoms with E-state index < -0.39 is 22.9 Å². The highest BCUT2D eigenvalue weighted by Crippen LogP contribution is 2.44. The Hall–Kier alpha value is -3.31. The second-order valence-electron chi connectivity index (χ2n) is 11.5. The topological polar surface area (TPSA) is 161 Å². The zero-order valence-electron chi connectivity index (χ0n) is 22.1. The lowest BCUT2D eigenvalue weighted by atomic mass is 9.76. The van der Waals surface area contributed by atoms with Crippen LogP contribution in [0.15, 0.2) is 23.0 Å². The molecule has 1 saturated heterocycles. The van der Waals surface area contributed by atoms with Crippen molar-refractivity contribution >= 4 is 29.2 Å². The maximum absolute atomic E-state index is 13.6. The first kappa shape index (κ1) is 26.3. The Morgan fingerprint density at radius 2 is 1.92 bits per heavy atom. The summed E-state index contributed by atoms with van der Waals surface area (Å²) in [7, 11) is 0. The van der Waals surface area contributed by atoms with Crippen LogP contribution >= 0.6 is 0 Å². The number of pyridine rings is 1. The first-order chi connectivity index (χ1) is 18.1. The van der Waals surface area contributed by atoms with Crippen molar-refractivity contribution in [1.82, 2.24) is 15.5 Å². The summed E-state index contributed by atoms with van der Waals surface area (Å²) in [6, 6.07) is 0.900. The number of carbonyl (C=O) groups is 3. The summed E-state index contributed by atoms with van der Waals surface area (Å²) >= 11 is 0. The van der Waals surface area contributed by atoms with Crippen LogP contribution in [0, 0.1) is 11.8 Å². The molecule has 2 fully saturated rings. The molecule has 1 spiro atoms. The van der Waals surface area contributed by atoms with Crippen LogP contribution in [-0.2, 0) is 25.3 Å². The zero-order valence-corrected chi connectivity index (χ0v) is 22.1. The lowest BCUT2D eigenvalue weighted by molar-refractivity contribution is -0.124. The third-order valence-electron chi connectivity index (χ3n) is 8.23. The Morgan fingerprint density at radius 1 is 1.21 bits per heavy atom. The van der Waals surface area contributed by atoms with E-state index in [0.717, 1.165) is 31.2 Å². The molecule has 0 bridgehead atoms. The number of ether oxygens (including phenoxy) is 1. The summed E-state index contributed by atoms with van der Waals surface area (Å²) in [5.74, 6) is -0.0308. The van der Waals surface area contributed by atoms with Crippen LogP contribution in [0.25, 0.3) is 0 Å². The van der Waals surface area contributed by atoms with Crippen LogP contribution in [0.2, 0.25) is 0 Å². The van der Waals surface area contributed by atoms with E-state index in [-0.39, 0.29) is 23.3 Å². The van der Waals surface area contributed by atoms with Crippen molar-refractivity contribution in [3.8, 4) is 0 Å². The largest absolute Gasteiger partial charge is 0.381 e. The van der Waals surface area contributed by atoms with Gasteiger partial charge in [-0.2, -0.15) is 0 Å². The number of hydrogen-bond donors (Lipinski definition) is 4. The predicted octanol–water partition coefficient (Wildman–Crippen LogP) is 2.83. The molecule has 11 nitrogen and oxygen atoms in total. The van der Waals surface area contributed by atoms with Crippen LogP contribution in [-0.4, -0.2) is 47.1 Å². The molecule has 0 aromatic carbocycles. The Bertz CT molecular complexity index is 1220. The molecule has 3 amide bonds. The zero-order chi connectivity index (χ0) is 27.1. The van der Waals surface area contributed by atoms with Gasteiger partial charge in [0.25, 0.3) is 5.91 Å². The van der Waals surface area contributed by atoms with Crippen LogP contribution in [0.4, 0.5) is 11.5 Å². The predicted molar refractivity (Wildman–Crippen MR) is 139 cm³/mol. The van der Waals surface area contributed by atoms with Crippen molar-refractivity contribution in [2.45, 2.75) is 76.3 Å². The van der Waals surface area contributed by atoms with Gasteiger partial charge in [0.1, 0.15) is 29.4 Å². The van der Waals surface area contributed by atoms with Crippen LogP contribution in [0.3, 0.4) is 0 Å². The third kappa shape index (κ3) is 4.92. The lowest BCUT2D eigenvalue weighted by Gasteiger charge is -2.32. The van der Waals surface area contributed by atoms with Gasteiger partial charge < -0.3 is 30.9 Å². The maximum Gasteiger partial charge on any atom is 0.257 e. The van der Waals surface area contributed by atoms with Crippen molar-refractivity contribution in [2.24, 2.45) is 17.6 Å². The number of aromatic nitrogens is 2. The summed E-state index contributed by atoms with van der Waals surface area (Å²) in [6.07, 6.45) is 7.70. The molecule has 1 atom stereocenters. The van der Waals surface area contributed by atoms with Gasteiger partial charge in [-0.05, 0) is 51.4 Å². The van der Waals surface area contributed by atoms with E-state index in [0.29, 0.717) is 49.2 Å². The van der Waals surface area contributed by atoms with Gasteiger partial charge in [-0.25, -0.2) is 4.98 Å². The SMILES string of the molecule is CC(C)(N)c1nocc1C(=O)N[C@H](C(=O)Nc1cc2c(cn1)C1(CCOCC1)C(=O)N2)[C@H]1CC[C@H](C)CC1. The van der Waals surface area contributed by atoms with Crippen LogP contribution in [0.1, 0.15) is 80.9 Å². The van der Waals surface area contributed by atoms with Crippen molar-refractivity contribution in [3.63, 3.8) is 0 Å². The molecular weight excluding hydrogens is 488 g/mol. The first-order valence-electron chi connectivity index (χ1n) is 13.3. The molecule has 0 radical (unpaired) electrons. The average molecular weight is 525 g/mol.